The van der Waals surface area contributed by atoms with Gasteiger partial charge in [-0.1, -0.05) is 6.07 Å². The maximum absolute atomic E-state index is 13.1. The number of methoxy groups -OCH3 is 2. The van der Waals surface area contributed by atoms with Gasteiger partial charge in [0.05, 0.1) is 14.2 Å². The Balaban J connectivity index is 1.73. The Bertz CT molecular complexity index is 762. The molecule has 2 aromatic carbocycles. The average molecular weight is 377 g/mol. The third-order valence-electron chi connectivity index (χ3n) is 4.00. The summed E-state index contributed by atoms with van der Waals surface area (Å²) in [5, 5.41) is 3.05. The first-order valence-corrected chi connectivity index (χ1v) is 8.71. The van der Waals surface area contributed by atoms with Crippen molar-refractivity contribution in [2.24, 2.45) is 10.7 Å². The summed E-state index contributed by atoms with van der Waals surface area (Å²) in [5.41, 5.74) is 7.54. The van der Waals surface area contributed by atoms with E-state index in [9.17, 15) is 8.78 Å². The zero-order chi connectivity index (χ0) is 19.6. The van der Waals surface area contributed by atoms with Gasteiger partial charge in [-0.3, -0.25) is 4.99 Å². The second-order valence-electron chi connectivity index (χ2n) is 6.01. The lowest BCUT2D eigenvalue weighted by Gasteiger charge is -2.10. The first-order chi connectivity index (χ1) is 13.0. The molecule has 0 saturated carbocycles. The van der Waals surface area contributed by atoms with E-state index in [2.05, 4.69) is 10.3 Å². The molecule has 0 aliphatic heterocycles. The van der Waals surface area contributed by atoms with Gasteiger partial charge in [-0.2, -0.15) is 0 Å². The van der Waals surface area contributed by atoms with Crippen LogP contribution in [0, 0.1) is 11.6 Å². The molecule has 0 bridgehead atoms. The first kappa shape index (κ1) is 20.5. The minimum Gasteiger partial charge on any atom is -0.493 e. The van der Waals surface area contributed by atoms with Gasteiger partial charge in [-0.05, 0) is 54.7 Å². The molecule has 0 atom stereocenters. The highest BCUT2D eigenvalue weighted by Gasteiger charge is 2.04. The molecule has 2 rings (SSSR count). The molecular formula is C20H25F2N3O2. The van der Waals surface area contributed by atoms with E-state index in [-0.39, 0.29) is 0 Å². The second-order valence-corrected chi connectivity index (χ2v) is 6.01. The molecule has 0 spiro atoms. The fraction of sp³-hybridized carbons (Fsp3) is 0.350. The van der Waals surface area contributed by atoms with Crippen LogP contribution in [0.25, 0.3) is 0 Å². The Hall–Kier alpha value is -2.83. The van der Waals surface area contributed by atoms with Crippen LogP contribution in [-0.2, 0) is 12.8 Å². The van der Waals surface area contributed by atoms with Gasteiger partial charge in [0.25, 0.3) is 0 Å². The number of aryl methyl sites for hydroxylation is 1. The van der Waals surface area contributed by atoms with E-state index < -0.39 is 11.6 Å². The van der Waals surface area contributed by atoms with Crippen LogP contribution in [0.4, 0.5) is 8.78 Å². The molecule has 0 fully saturated rings. The summed E-state index contributed by atoms with van der Waals surface area (Å²) in [6.07, 6.45) is 1.94. The molecule has 27 heavy (non-hydrogen) atoms. The third kappa shape index (κ3) is 6.77. The zero-order valence-corrected chi connectivity index (χ0v) is 15.6. The van der Waals surface area contributed by atoms with Crippen molar-refractivity contribution in [1.82, 2.24) is 5.32 Å². The molecule has 5 nitrogen and oxygen atoms in total. The van der Waals surface area contributed by atoms with Crippen molar-refractivity contribution in [2.45, 2.75) is 19.3 Å². The van der Waals surface area contributed by atoms with Crippen molar-refractivity contribution in [1.29, 1.82) is 0 Å². The predicted octanol–water partition coefficient (Wildman–Crippen LogP) is 3.06. The lowest BCUT2D eigenvalue weighted by atomic mass is 10.1. The van der Waals surface area contributed by atoms with Gasteiger partial charge in [-0.25, -0.2) is 8.78 Å². The monoisotopic (exact) mass is 377 g/mol. The van der Waals surface area contributed by atoms with Crippen LogP contribution in [0.1, 0.15) is 17.5 Å². The van der Waals surface area contributed by atoms with Crippen LogP contribution in [0.15, 0.2) is 41.4 Å². The lowest BCUT2D eigenvalue weighted by molar-refractivity contribution is 0.354. The summed E-state index contributed by atoms with van der Waals surface area (Å²) in [6.45, 7) is 1.10. The number of aliphatic imine (C=N–C) groups is 1. The maximum atomic E-state index is 13.1. The Morgan fingerprint density at radius 1 is 0.963 bits per heavy atom. The Morgan fingerprint density at radius 3 is 2.33 bits per heavy atom. The van der Waals surface area contributed by atoms with E-state index >= 15 is 0 Å². The van der Waals surface area contributed by atoms with Crippen molar-refractivity contribution in [2.75, 3.05) is 27.3 Å². The Labute approximate surface area is 158 Å². The maximum Gasteiger partial charge on any atom is 0.188 e. The Kier molecular flexibility index (Phi) is 7.85. The predicted molar refractivity (Wildman–Crippen MR) is 102 cm³/mol. The SMILES string of the molecule is COc1ccc(CCNC(N)=NCCCc2cc(F)cc(F)c2)cc1OC. The van der Waals surface area contributed by atoms with E-state index in [1.165, 1.54) is 12.1 Å². The number of nitrogens with zero attached hydrogens (tertiary/aromatic N) is 1. The number of guanidine groups is 1. The Morgan fingerprint density at radius 2 is 1.67 bits per heavy atom. The number of ether oxygens (including phenoxy) is 2. The van der Waals surface area contributed by atoms with Crippen molar-refractivity contribution >= 4 is 5.96 Å². The number of hydrogen-bond donors (Lipinski definition) is 2. The molecule has 0 aliphatic rings. The number of benzene rings is 2. The topological polar surface area (TPSA) is 68.9 Å². The summed E-state index contributed by atoms with van der Waals surface area (Å²) in [4.78, 5) is 4.23. The first-order valence-electron chi connectivity index (χ1n) is 8.71. The molecule has 0 radical (unpaired) electrons. The summed E-state index contributed by atoms with van der Waals surface area (Å²) in [5.74, 6) is 0.592. The smallest absolute Gasteiger partial charge is 0.188 e. The van der Waals surface area contributed by atoms with Crippen molar-refractivity contribution < 1.29 is 18.3 Å². The van der Waals surface area contributed by atoms with E-state index in [0.29, 0.717) is 49.0 Å². The third-order valence-corrected chi connectivity index (χ3v) is 4.00. The van der Waals surface area contributed by atoms with Crippen LogP contribution in [0.3, 0.4) is 0 Å². The summed E-state index contributed by atoms with van der Waals surface area (Å²) >= 11 is 0. The van der Waals surface area contributed by atoms with Crippen LogP contribution >= 0.6 is 0 Å². The van der Waals surface area contributed by atoms with Gasteiger partial charge in [-0.15, -0.1) is 0 Å². The van der Waals surface area contributed by atoms with Crippen LogP contribution in [0.5, 0.6) is 11.5 Å². The second kappa shape index (κ2) is 10.4. The van der Waals surface area contributed by atoms with Gasteiger partial charge in [0, 0.05) is 19.2 Å². The van der Waals surface area contributed by atoms with Crippen molar-refractivity contribution in [3.8, 4) is 11.5 Å². The van der Waals surface area contributed by atoms with Crippen molar-refractivity contribution in [3.05, 3.63) is 59.2 Å². The summed E-state index contributed by atoms with van der Waals surface area (Å²) < 4.78 is 36.7. The lowest BCUT2D eigenvalue weighted by Crippen LogP contribution is -2.33. The summed E-state index contributed by atoms with van der Waals surface area (Å²) in [7, 11) is 3.20. The van der Waals surface area contributed by atoms with Gasteiger partial charge in [0.1, 0.15) is 11.6 Å². The van der Waals surface area contributed by atoms with Crippen molar-refractivity contribution in [3.63, 3.8) is 0 Å². The number of hydrogen-bond acceptors (Lipinski definition) is 3. The molecule has 2 aromatic rings. The highest BCUT2D eigenvalue weighted by molar-refractivity contribution is 5.77. The molecular weight excluding hydrogens is 352 g/mol. The van der Waals surface area contributed by atoms with Gasteiger partial charge in [0.15, 0.2) is 17.5 Å². The normalized spacial score (nSPS) is 11.3. The van der Waals surface area contributed by atoms with E-state index in [4.69, 9.17) is 15.2 Å². The number of nitrogens with two attached hydrogens (primary N) is 1. The fourth-order valence-corrected chi connectivity index (χ4v) is 2.66. The van der Waals surface area contributed by atoms with Gasteiger partial charge in [0.2, 0.25) is 0 Å². The zero-order valence-electron chi connectivity index (χ0n) is 15.6. The number of halogens is 2. The minimum absolute atomic E-state index is 0.348. The molecule has 0 amide bonds. The minimum atomic E-state index is -0.565. The number of nitrogens with one attached hydrogen (secondary N) is 1. The van der Waals surface area contributed by atoms with Crippen LogP contribution in [0.2, 0.25) is 0 Å². The summed E-state index contributed by atoms with van der Waals surface area (Å²) in [6, 6.07) is 9.28. The highest BCUT2D eigenvalue weighted by atomic mass is 19.1. The molecule has 0 heterocycles. The van der Waals surface area contributed by atoms with E-state index in [1.54, 1.807) is 14.2 Å². The number of rotatable bonds is 9. The average Bonchev–Trinajstić information content (AvgIpc) is 2.64. The molecule has 0 unspecified atom stereocenters. The van der Waals surface area contributed by atoms with Gasteiger partial charge < -0.3 is 20.5 Å². The van der Waals surface area contributed by atoms with Gasteiger partial charge >= 0.3 is 0 Å². The molecule has 3 N–H and O–H groups in total. The molecule has 0 saturated heterocycles. The quantitative estimate of drug-likeness (QED) is 0.400. The van der Waals surface area contributed by atoms with E-state index in [1.807, 2.05) is 18.2 Å². The molecule has 0 aliphatic carbocycles. The highest BCUT2D eigenvalue weighted by Crippen LogP contribution is 2.27. The van der Waals surface area contributed by atoms with Crippen LogP contribution < -0.4 is 20.5 Å². The molecule has 146 valence electrons. The van der Waals surface area contributed by atoms with Crippen LogP contribution in [-0.4, -0.2) is 33.3 Å². The molecule has 0 aromatic heterocycles. The standard InChI is InChI=1S/C20H25F2N3O2/c1-26-18-6-5-14(12-19(18)27-2)7-9-25-20(23)24-8-3-4-15-10-16(21)13-17(22)11-15/h5-6,10-13H,3-4,7-9H2,1-2H3,(H3,23,24,25). The largest absolute Gasteiger partial charge is 0.493 e. The molecule has 7 heteroatoms. The fourth-order valence-electron chi connectivity index (χ4n) is 2.66. The van der Waals surface area contributed by atoms with E-state index in [0.717, 1.165) is 18.1 Å².